The lowest BCUT2D eigenvalue weighted by molar-refractivity contribution is -0.141. The number of aliphatic hydroxyl groups is 1. The van der Waals surface area contributed by atoms with Crippen LogP contribution < -0.4 is 83.1 Å². The van der Waals surface area contributed by atoms with E-state index in [-0.39, 0.29) is 89.1 Å². The average molecular weight is 1160 g/mol. The summed E-state index contributed by atoms with van der Waals surface area (Å²) in [5, 5.41) is 28.8. The number of carbonyl (C=O) groups is 11. The highest BCUT2D eigenvalue weighted by Gasteiger charge is 2.39. The summed E-state index contributed by atoms with van der Waals surface area (Å²) in [4.78, 5) is 156. The summed E-state index contributed by atoms with van der Waals surface area (Å²) in [6.07, 6.45) is 1.34. The molecule has 0 spiro atoms. The molecule has 456 valence electrons. The number of hydrogen-bond donors (Lipinski definition) is 16. The van der Waals surface area contributed by atoms with E-state index in [4.69, 9.17) is 45.9 Å². The number of amides is 11. The SMILES string of the molecule is CC(C)C[C@H](NC[C@H](Cc1ccccc1)NC(=O)[C@H](CC(N)=O)NC(=O)CNC(=O)[C@@H]1CCCN1C(=O)[C@@H](N)CCCN=C(N)N)C(=O)N[C@@H](CCC(N)=O)C(=O)N[C@@H](CO)C(=O)N[C@@H](CCCN=C(N)N)C(=O)N1CCC[C@H]1C(N)=O. The number of aliphatic hydroxyl groups excluding tert-OH is 1. The normalized spacial score (nSPS) is 17.3. The lowest BCUT2D eigenvalue weighted by Crippen LogP contribution is -2.60. The molecule has 0 radical (unpaired) electrons. The molecule has 82 heavy (non-hydrogen) atoms. The van der Waals surface area contributed by atoms with Crippen molar-refractivity contribution in [1.29, 1.82) is 0 Å². The minimum atomic E-state index is -1.70. The molecule has 31 nitrogen and oxygen atoms in total. The quantitative estimate of drug-likeness (QED) is 0.0169. The van der Waals surface area contributed by atoms with Crippen LogP contribution >= 0.6 is 0 Å². The van der Waals surface area contributed by atoms with Crippen molar-refractivity contribution < 1.29 is 57.8 Å². The Labute approximate surface area is 475 Å². The van der Waals surface area contributed by atoms with Crippen molar-refractivity contribution in [1.82, 2.24) is 47.0 Å². The zero-order valence-electron chi connectivity index (χ0n) is 46.6. The molecule has 11 amide bonds. The van der Waals surface area contributed by atoms with Crippen molar-refractivity contribution in [2.45, 2.75) is 152 Å². The second kappa shape index (κ2) is 34.8. The Bertz CT molecular complexity index is 2420. The van der Waals surface area contributed by atoms with Crippen LogP contribution in [0.15, 0.2) is 40.3 Å². The molecule has 0 aromatic heterocycles. The van der Waals surface area contributed by atoms with E-state index in [1.807, 2.05) is 13.8 Å². The minimum Gasteiger partial charge on any atom is -0.394 e. The fourth-order valence-electron chi connectivity index (χ4n) is 9.37. The second-order valence-electron chi connectivity index (χ2n) is 20.7. The summed E-state index contributed by atoms with van der Waals surface area (Å²) in [6, 6.07) is -1.85. The van der Waals surface area contributed by atoms with Gasteiger partial charge in [-0.15, -0.1) is 0 Å². The molecule has 1 aromatic rings. The second-order valence-corrected chi connectivity index (χ2v) is 20.7. The van der Waals surface area contributed by atoms with Crippen LogP contribution in [0.3, 0.4) is 0 Å². The van der Waals surface area contributed by atoms with Gasteiger partial charge < -0.3 is 98.0 Å². The predicted molar refractivity (Wildman–Crippen MR) is 300 cm³/mol. The first-order valence-electron chi connectivity index (χ1n) is 27.3. The predicted octanol–water partition coefficient (Wildman–Crippen LogP) is -7.19. The molecule has 3 rings (SSSR count). The van der Waals surface area contributed by atoms with Crippen molar-refractivity contribution in [3.05, 3.63) is 35.9 Å². The molecule has 2 aliphatic rings. The van der Waals surface area contributed by atoms with Gasteiger partial charge in [-0.2, -0.15) is 0 Å². The molecule has 2 saturated heterocycles. The van der Waals surface area contributed by atoms with Crippen molar-refractivity contribution in [3.63, 3.8) is 0 Å². The number of nitrogens with zero attached hydrogens (tertiary/aromatic N) is 4. The molecule has 2 fully saturated rings. The highest BCUT2D eigenvalue weighted by atomic mass is 16.3. The number of carbonyl (C=O) groups excluding carboxylic acids is 11. The van der Waals surface area contributed by atoms with Gasteiger partial charge in [0, 0.05) is 45.2 Å². The van der Waals surface area contributed by atoms with E-state index in [0.29, 0.717) is 32.1 Å². The third kappa shape index (κ3) is 23.9. The zero-order valence-corrected chi connectivity index (χ0v) is 46.6. The Kier molecular flexibility index (Phi) is 28.9. The molecular weight excluding hydrogens is 1070 g/mol. The molecule has 2 aliphatic heterocycles. The van der Waals surface area contributed by atoms with Gasteiger partial charge in [-0.25, -0.2) is 0 Å². The molecule has 2 heterocycles. The van der Waals surface area contributed by atoms with Crippen molar-refractivity contribution >= 4 is 76.9 Å². The Morgan fingerprint density at radius 2 is 1.18 bits per heavy atom. The standard InChI is InChI=1S/C51H85N19O12/c1-28(2)22-34(44(77)66-32(16-17-39(53)72)43(76)68-36(27-71)46(79)67-33(13-7-19-61-51(58)59)49(82)69-20-8-14-37(69)42(55)75)62-25-30(23-29-10-4-3-5-11-29)64-45(78)35(24-40(54)73)65-41(74)26-63-47(80)38-15-9-21-70(38)48(81)31(52)12-6-18-60-50(56)57/h3-5,10-11,28,30-38,62,71H,6-9,12-27,52H2,1-2H3,(H2,53,72)(H2,54,73)(H2,55,75)(H,63,80)(H,64,78)(H,65,74)(H,66,77)(H,67,79)(H,68,76)(H4,56,57,60)(H4,58,59,61)/t30-,31-,32-,33-,34-,35-,36-,37-,38-/m0/s1. The van der Waals surface area contributed by atoms with Gasteiger partial charge in [-0.05, 0) is 82.1 Å². The third-order valence-corrected chi connectivity index (χ3v) is 13.5. The number of hydrogen-bond acceptors (Lipinski definition) is 16. The highest BCUT2D eigenvalue weighted by Crippen LogP contribution is 2.21. The zero-order chi connectivity index (χ0) is 61.1. The first-order chi connectivity index (χ1) is 38.8. The van der Waals surface area contributed by atoms with Crippen molar-refractivity contribution in [3.8, 4) is 0 Å². The fraction of sp³-hybridized carbons (Fsp3) is 0.627. The summed E-state index contributed by atoms with van der Waals surface area (Å²) in [5.41, 5.74) is 45.0. The van der Waals surface area contributed by atoms with Crippen molar-refractivity contribution in [2.24, 2.45) is 61.8 Å². The molecule has 0 saturated carbocycles. The molecule has 1 aromatic carbocycles. The van der Waals surface area contributed by atoms with E-state index < -0.39 is 145 Å². The summed E-state index contributed by atoms with van der Waals surface area (Å²) in [7, 11) is 0. The van der Waals surface area contributed by atoms with E-state index in [0.717, 1.165) is 5.56 Å². The molecule has 9 atom stereocenters. The highest BCUT2D eigenvalue weighted by molar-refractivity contribution is 5.97. The Balaban J connectivity index is 1.77. The fourth-order valence-corrected chi connectivity index (χ4v) is 9.37. The van der Waals surface area contributed by atoms with Gasteiger partial charge in [-0.1, -0.05) is 44.2 Å². The van der Waals surface area contributed by atoms with Crippen LogP contribution in [0.25, 0.3) is 0 Å². The molecule has 0 unspecified atom stereocenters. The van der Waals surface area contributed by atoms with Crippen LogP contribution in [0.5, 0.6) is 0 Å². The van der Waals surface area contributed by atoms with E-state index in [2.05, 4.69) is 47.2 Å². The minimum absolute atomic E-state index is 0.0206. The van der Waals surface area contributed by atoms with E-state index >= 15 is 0 Å². The van der Waals surface area contributed by atoms with Crippen molar-refractivity contribution in [2.75, 3.05) is 45.9 Å². The number of likely N-dealkylation sites (tertiary alicyclic amines) is 2. The van der Waals surface area contributed by atoms with Gasteiger partial charge in [0.05, 0.1) is 31.7 Å². The Morgan fingerprint density at radius 1 is 0.634 bits per heavy atom. The topological polar surface area (TPSA) is 532 Å². The molecule has 0 aliphatic carbocycles. The Hall–Kier alpha value is -8.19. The van der Waals surface area contributed by atoms with Crippen LogP contribution in [0, 0.1) is 5.92 Å². The number of nitrogens with one attached hydrogen (secondary N) is 7. The van der Waals surface area contributed by atoms with Gasteiger partial charge in [0.25, 0.3) is 0 Å². The first kappa shape index (κ1) is 68.1. The van der Waals surface area contributed by atoms with Gasteiger partial charge in [0.1, 0.15) is 36.3 Å². The smallest absolute Gasteiger partial charge is 0.245 e. The lowest BCUT2D eigenvalue weighted by atomic mass is 10.0. The number of guanidine groups is 2. The first-order valence-corrected chi connectivity index (χ1v) is 27.3. The lowest BCUT2D eigenvalue weighted by Gasteiger charge is -2.29. The van der Waals surface area contributed by atoms with Crippen LogP contribution in [0.1, 0.15) is 96.5 Å². The third-order valence-electron chi connectivity index (χ3n) is 13.5. The van der Waals surface area contributed by atoms with Gasteiger partial charge in [-0.3, -0.25) is 62.7 Å². The summed E-state index contributed by atoms with van der Waals surface area (Å²) in [6.45, 7) is 2.69. The van der Waals surface area contributed by atoms with Gasteiger partial charge in [0.2, 0.25) is 65.0 Å². The summed E-state index contributed by atoms with van der Waals surface area (Å²) >= 11 is 0. The summed E-state index contributed by atoms with van der Waals surface area (Å²) < 4.78 is 0. The molecule has 24 N–H and O–H groups in total. The van der Waals surface area contributed by atoms with E-state index in [1.165, 1.54) is 9.80 Å². The van der Waals surface area contributed by atoms with Crippen LogP contribution in [-0.2, 0) is 59.2 Å². The average Bonchev–Trinajstić information content (AvgIpc) is 4.15. The van der Waals surface area contributed by atoms with E-state index in [1.54, 1.807) is 30.3 Å². The maximum atomic E-state index is 14.3. The van der Waals surface area contributed by atoms with Crippen LogP contribution in [0.2, 0.25) is 0 Å². The molecule has 31 heteroatoms. The molecule has 0 bridgehead atoms. The van der Waals surface area contributed by atoms with E-state index in [9.17, 15) is 57.8 Å². The number of primary amides is 3. The van der Waals surface area contributed by atoms with Crippen LogP contribution in [-0.4, -0.2) is 192 Å². The van der Waals surface area contributed by atoms with Gasteiger partial charge >= 0.3 is 0 Å². The maximum absolute atomic E-state index is 14.3. The molecular formula is C51H85N19O12. The maximum Gasteiger partial charge on any atom is 0.245 e. The largest absolute Gasteiger partial charge is 0.394 e. The van der Waals surface area contributed by atoms with Crippen LogP contribution in [0.4, 0.5) is 0 Å². The van der Waals surface area contributed by atoms with Gasteiger partial charge in [0.15, 0.2) is 11.9 Å². The number of aliphatic imine (C=N–C) groups is 2. The summed E-state index contributed by atoms with van der Waals surface area (Å²) in [5.74, 6) is -9.15. The Morgan fingerprint density at radius 3 is 1.76 bits per heavy atom. The number of nitrogens with two attached hydrogens (primary N) is 8. The monoisotopic (exact) mass is 1160 g/mol. The number of rotatable bonds is 36. The number of benzene rings is 1.